The van der Waals surface area contributed by atoms with Gasteiger partial charge in [-0.3, -0.25) is 4.79 Å². The lowest BCUT2D eigenvalue weighted by Crippen LogP contribution is -2.44. The lowest BCUT2D eigenvalue weighted by Gasteiger charge is -2.33. The number of aromatic nitrogens is 2. The van der Waals surface area contributed by atoms with Gasteiger partial charge >= 0.3 is 0 Å². The highest BCUT2D eigenvalue weighted by Gasteiger charge is 2.30. The van der Waals surface area contributed by atoms with Crippen molar-refractivity contribution in [2.24, 2.45) is 12.8 Å². The molecule has 2 heterocycles. The predicted octanol–water partition coefficient (Wildman–Crippen LogP) is 2.18. The van der Waals surface area contributed by atoms with E-state index in [1.54, 1.807) is 26.6 Å². The van der Waals surface area contributed by atoms with Gasteiger partial charge in [-0.25, -0.2) is 4.98 Å². The van der Waals surface area contributed by atoms with Crippen molar-refractivity contribution in [3.8, 4) is 11.5 Å². The van der Waals surface area contributed by atoms with Crippen molar-refractivity contribution in [1.82, 2.24) is 14.5 Å². The lowest BCUT2D eigenvalue weighted by molar-refractivity contribution is 0.0725. The lowest BCUT2D eigenvalue weighted by atomic mass is 9.91. The zero-order valence-corrected chi connectivity index (χ0v) is 17.2. The minimum Gasteiger partial charge on any atom is -0.493 e. The van der Waals surface area contributed by atoms with Crippen LogP contribution in [0.25, 0.3) is 0 Å². The van der Waals surface area contributed by atoms with Gasteiger partial charge in [0.15, 0.2) is 11.5 Å². The van der Waals surface area contributed by atoms with Gasteiger partial charge in [-0.1, -0.05) is 0 Å². The minimum absolute atomic E-state index is 0.0303. The maximum Gasteiger partial charge on any atom is 0.254 e. The fourth-order valence-corrected chi connectivity index (χ4v) is 3.70. The summed E-state index contributed by atoms with van der Waals surface area (Å²) in [5, 5.41) is 0. The number of aryl methyl sites for hydroxylation is 2. The van der Waals surface area contributed by atoms with Gasteiger partial charge in [0, 0.05) is 43.0 Å². The molecule has 1 unspecified atom stereocenters. The van der Waals surface area contributed by atoms with E-state index in [4.69, 9.17) is 15.2 Å². The van der Waals surface area contributed by atoms with Crippen molar-refractivity contribution in [3.05, 3.63) is 41.5 Å². The molecule has 0 bridgehead atoms. The number of nitrogens with zero attached hydrogens (tertiary/aromatic N) is 3. The molecular formula is C21H30N4O3. The summed E-state index contributed by atoms with van der Waals surface area (Å²) >= 11 is 0. The first kappa shape index (κ1) is 20.2. The van der Waals surface area contributed by atoms with E-state index in [1.165, 1.54) is 0 Å². The van der Waals surface area contributed by atoms with Crippen molar-refractivity contribution in [2.45, 2.75) is 38.1 Å². The van der Waals surface area contributed by atoms with Crippen molar-refractivity contribution >= 4 is 5.91 Å². The van der Waals surface area contributed by atoms with E-state index < -0.39 is 0 Å². The summed E-state index contributed by atoms with van der Waals surface area (Å²) < 4.78 is 12.8. The largest absolute Gasteiger partial charge is 0.493 e. The Morgan fingerprint density at radius 1 is 1.25 bits per heavy atom. The molecule has 3 rings (SSSR count). The number of carbonyl (C=O) groups excluding carboxylic acids is 1. The van der Waals surface area contributed by atoms with Gasteiger partial charge in [0.05, 0.1) is 26.2 Å². The average Bonchev–Trinajstić information content (AvgIpc) is 3.10. The monoisotopic (exact) mass is 386 g/mol. The second kappa shape index (κ2) is 8.22. The van der Waals surface area contributed by atoms with Gasteiger partial charge in [0.25, 0.3) is 5.91 Å². The number of hydrogen-bond donors (Lipinski definition) is 1. The quantitative estimate of drug-likeness (QED) is 0.752. The van der Waals surface area contributed by atoms with Gasteiger partial charge in [-0.2, -0.15) is 0 Å². The van der Waals surface area contributed by atoms with Gasteiger partial charge in [-0.15, -0.1) is 0 Å². The van der Waals surface area contributed by atoms with Crippen LogP contribution in [0.2, 0.25) is 0 Å². The van der Waals surface area contributed by atoms with E-state index >= 15 is 0 Å². The standard InChI is InChI=1S/C21H30N4O3/c1-21(22,9-7-15-13-24(2)14-23-15)10-12-25-11-8-16-17(20(25)26)5-6-18(27-3)19(16)28-4/h5-6,13-14H,7-12,22H2,1-4H3. The number of fused-ring (bicyclic) bond motifs is 1. The molecule has 1 atom stereocenters. The first-order valence-corrected chi connectivity index (χ1v) is 9.63. The normalized spacial score (nSPS) is 15.9. The summed E-state index contributed by atoms with van der Waals surface area (Å²) in [6.45, 7) is 3.35. The SMILES string of the molecule is COc1ccc2c(c1OC)CCN(CCC(C)(N)CCc1cn(C)cn1)C2=O. The number of nitrogens with two attached hydrogens (primary N) is 1. The smallest absolute Gasteiger partial charge is 0.254 e. The molecule has 7 nitrogen and oxygen atoms in total. The Bertz CT molecular complexity index is 844. The molecule has 0 radical (unpaired) electrons. The van der Waals surface area contributed by atoms with Crippen molar-refractivity contribution in [1.29, 1.82) is 0 Å². The number of imidazole rings is 1. The number of amides is 1. The molecule has 2 aromatic rings. The highest BCUT2D eigenvalue weighted by molar-refractivity contribution is 5.97. The van der Waals surface area contributed by atoms with E-state index in [0.29, 0.717) is 30.2 Å². The minimum atomic E-state index is -0.352. The Labute approximate surface area is 166 Å². The van der Waals surface area contributed by atoms with E-state index in [2.05, 4.69) is 4.98 Å². The first-order chi connectivity index (χ1) is 13.3. The third kappa shape index (κ3) is 4.30. The molecule has 152 valence electrons. The Morgan fingerprint density at radius 3 is 2.68 bits per heavy atom. The Hall–Kier alpha value is -2.54. The summed E-state index contributed by atoms with van der Waals surface area (Å²) in [5.74, 6) is 1.35. The highest BCUT2D eigenvalue weighted by atomic mass is 16.5. The summed E-state index contributed by atoms with van der Waals surface area (Å²) in [4.78, 5) is 19.2. The summed E-state index contributed by atoms with van der Waals surface area (Å²) in [7, 11) is 5.17. The van der Waals surface area contributed by atoms with Crippen molar-refractivity contribution in [3.63, 3.8) is 0 Å². The molecule has 0 saturated carbocycles. The van der Waals surface area contributed by atoms with Crippen LogP contribution in [0.3, 0.4) is 0 Å². The molecule has 0 saturated heterocycles. The molecule has 1 aromatic heterocycles. The number of rotatable bonds is 8. The maximum atomic E-state index is 13.0. The topological polar surface area (TPSA) is 82.6 Å². The number of ether oxygens (including phenoxy) is 2. The van der Waals surface area contributed by atoms with Crippen molar-refractivity contribution < 1.29 is 14.3 Å². The highest BCUT2D eigenvalue weighted by Crippen LogP contribution is 2.36. The van der Waals surface area contributed by atoms with Crippen molar-refractivity contribution in [2.75, 3.05) is 27.3 Å². The van der Waals surface area contributed by atoms with E-state index in [1.807, 2.05) is 35.7 Å². The molecule has 1 amide bonds. The van der Waals surface area contributed by atoms with Gasteiger partial charge in [0.1, 0.15) is 0 Å². The second-order valence-electron chi connectivity index (χ2n) is 7.80. The van der Waals surface area contributed by atoms with Crippen LogP contribution in [-0.2, 0) is 19.9 Å². The van der Waals surface area contributed by atoms with Crippen LogP contribution >= 0.6 is 0 Å². The fraction of sp³-hybridized carbons (Fsp3) is 0.524. The molecule has 0 fully saturated rings. The van der Waals surface area contributed by atoms with Crippen LogP contribution in [0, 0.1) is 0 Å². The zero-order valence-electron chi connectivity index (χ0n) is 17.2. The van der Waals surface area contributed by atoms with Crippen LogP contribution in [0.15, 0.2) is 24.7 Å². The number of hydrogen-bond acceptors (Lipinski definition) is 5. The van der Waals surface area contributed by atoms with E-state index in [-0.39, 0.29) is 11.4 Å². The number of carbonyl (C=O) groups is 1. The predicted molar refractivity (Wildman–Crippen MR) is 108 cm³/mol. The third-order valence-electron chi connectivity index (χ3n) is 5.46. The number of methoxy groups -OCH3 is 2. The maximum absolute atomic E-state index is 13.0. The molecule has 1 aromatic carbocycles. The molecule has 0 spiro atoms. The Kier molecular flexibility index (Phi) is 5.93. The molecule has 2 N–H and O–H groups in total. The summed E-state index contributed by atoms with van der Waals surface area (Å²) in [6.07, 6.45) is 6.97. The molecule has 1 aliphatic heterocycles. The summed E-state index contributed by atoms with van der Waals surface area (Å²) in [6, 6.07) is 3.62. The number of benzene rings is 1. The van der Waals surface area contributed by atoms with Crippen LogP contribution in [0.4, 0.5) is 0 Å². The van der Waals surface area contributed by atoms with Gasteiger partial charge in [-0.05, 0) is 44.7 Å². The van der Waals surface area contributed by atoms with Crippen LogP contribution in [-0.4, -0.2) is 53.2 Å². The second-order valence-corrected chi connectivity index (χ2v) is 7.80. The molecule has 28 heavy (non-hydrogen) atoms. The Morgan fingerprint density at radius 2 is 2.04 bits per heavy atom. The van der Waals surface area contributed by atoms with E-state index in [0.717, 1.165) is 36.9 Å². The van der Waals surface area contributed by atoms with Gasteiger partial charge in [0.2, 0.25) is 0 Å². The zero-order chi connectivity index (χ0) is 20.3. The van der Waals surface area contributed by atoms with Crippen LogP contribution in [0.5, 0.6) is 11.5 Å². The average molecular weight is 386 g/mol. The molecule has 1 aliphatic rings. The first-order valence-electron chi connectivity index (χ1n) is 9.63. The van der Waals surface area contributed by atoms with Gasteiger partial charge < -0.3 is 24.7 Å². The molecule has 0 aliphatic carbocycles. The third-order valence-corrected chi connectivity index (χ3v) is 5.46. The molecular weight excluding hydrogens is 356 g/mol. The Balaban J connectivity index is 1.62. The van der Waals surface area contributed by atoms with Crippen LogP contribution in [0.1, 0.15) is 41.4 Å². The van der Waals surface area contributed by atoms with E-state index in [9.17, 15) is 4.79 Å². The molecule has 7 heteroatoms. The summed E-state index contributed by atoms with van der Waals surface area (Å²) in [5.41, 5.74) is 8.81. The van der Waals surface area contributed by atoms with Crippen LogP contribution < -0.4 is 15.2 Å². The fourth-order valence-electron chi connectivity index (χ4n) is 3.70.